The minimum atomic E-state index is -0.746. The first-order valence-electron chi connectivity index (χ1n) is 7.02. The summed E-state index contributed by atoms with van der Waals surface area (Å²) in [6, 6.07) is 7.28. The van der Waals surface area contributed by atoms with Crippen LogP contribution in [0.1, 0.15) is 17.3 Å². The molecule has 0 saturated heterocycles. The highest BCUT2D eigenvalue weighted by Crippen LogP contribution is 2.28. The third-order valence-electron chi connectivity index (χ3n) is 3.17. The molecule has 0 atom stereocenters. The molecule has 0 aromatic heterocycles. The fraction of sp³-hybridized carbons (Fsp3) is 0.125. The molecule has 0 heterocycles. The highest BCUT2D eigenvalue weighted by atomic mass is 19.1. The van der Waals surface area contributed by atoms with Crippen LogP contribution in [0.2, 0.25) is 0 Å². The molecular formula is C16H14FN3O5. The van der Waals surface area contributed by atoms with E-state index in [2.05, 4.69) is 10.6 Å². The van der Waals surface area contributed by atoms with Gasteiger partial charge in [-0.05, 0) is 30.3 Å². The Kier molecular flexibility index (Phi) is 5.28. The summed E-state index contributed by atoms with van der Waals surface area (Å²) in [6.45, 7) is 1.29. The average molecular weight is 347 g/mol. The molecule has 2 aromatic carbocycles. The highest BCUT2D eigenvalue weighted by molar-refractivity contribution is 6.05. The highest BCUT2D eigenvalue weighted by Gasteiger charge is 2.19. The van der Waals surface area contributed by atoms with Gasteiger partial charge in [0.25, 0.3) is 5.91 Å². The van der Waals surface area contributed by atoms with Gasteiger partial charge in [-0.15, -0.1) is 0 Å². The lowest BCUT2D eigenvalue weighted by molar-refractivity contribution is -0.385. The number of carbonyl (C=O) groups is 2. The Balaban J connectivity index is 2.29. The molecule has 9 heteroatoms. The molecule has 0 aliphatic rings. The van der Waals surface area contributed by atoms with Crippen LogP contribution in [0, 0.1) is 15.9 Å². The molecule has 0 spiro atoms. The lowest BCUT2D eigenvalue weighted by atomic mass is 10.1. The number of nitro groups is 1. The summed E-state index contributed by atoms with van der Waals surface area (Å²) in [4.78, 5) is 33.6. The molecule has 0 bridgehead atoms. The second kappa shape index (κ2) is 7.39. The monoisotopic (exact) mass is 347 g/mol. The van der Waals surface area contributed by atoms with Crippen LogP contribution in [0.25, 0.3) is 0 Å². The van der Waals surface area contributed by atoms with Crippen molar-refractivity contribution in [2.45, 2.75) is 6.92 Å². The third kappa shape index (κ3) is 4.28. The number of carbonyl (C=O) groups excluding carboxylic acids is 2. The SMILES string of the molecule is COc1ccc(C(=O)Nc2cc(NC(C)=O)ccc2F)cc1[N+](=O)[O-]. The molecule has 8 nitrogen and oxygen atoms in total. The van der Waals surface area contributed by atoms with Crippen LogP contribution in [0.5, 0.6) is 5.75 Å². The number of hydrogen-bond acceptors (Lipinski definition) is 5. The zero-order chi connectivity index (χ0) is 18.6. The molecule has 130 valence electrons. The van der Waals surface area contributed by atoms with Gasteiger partial charge in [0.1, 0.15) is 5.82 Å². The number of nitrogens with zero attached hydrogens (tertiary/aromatic N) is 1. The van der Waals surface area contributed by atoms with Crippen molar-refractivity contribution in [1.29, 1.82) is 0 Å². The summed E-state index contributed by atoms with van der Waals surface area (Å²) in [5.74, 6) is -1.81. The topological polar surface area (TPSA) is 111 Å². The normalized spacial score (nSPS) is 10.0. The maximum absolute atomic E-state index is 13.9. The molecular weight excluding hydrogens is 333 g/mol. The van der Waals surface area contributed by atoms with Crippen molar-refractivity contribution >= 4 is 28.9 Å². The van der Waals surface area contributed by atoms with Gasteiger partial charge in [-0.2, -0.15) is 0 Å². The van der Waals surface area contributed by atoms with Crippen molar-refractivity contribution in [3.8, 4) is 5.75 Å². The van der Waals surface area contributed by atoms with Gasteiger partial charge in [-0.3, -0.25) is 19.7 Å². The second-order valence-corrected chi connectivity index (χ2v) is 4.97. The second-order valence-electron chi connectivity index (χ2n) is 4.97. The van der Waals surface area contributed by atoms with Crippen molar-refractivity contribution in [3.63, 3.8) is 0 Å². The predicted octanol–water partition coefficient (Wildman–Crippen LogP) is 2.95. The van der Waals surface area contributed by atoms with E-state index in [0.29, 0.717) is 5.69 Å². The fourth-order valence-electron chi connectivity index (χ4n) is 2.07. The van der Waals surface area contributed by atoms with E-state index in [1.54, 1.807) is 0 Å². The van der Waals surface area contributed by atoms with Crippen LogP contribution < -0.4 is 15.4 Å². The van der Waals surface area contributed by atoms with Crippen LogP contribution in [0.3, 0.4) is 0 Å². The number of rotatable bonds is 5. The fourth-order valence-corrected chi connectivity index (χ4v) is 2.07. The van der Waals surface area contributed by atoms with E-state index >= 15 is 0 Å². The Labute approximate surface area is 141 Å². The van der Waals surface area contributed by atoms with E-state index in [4.69, 9.17) is 4.74 Å². The number of nitrogens with one attached hydrogen (secondary N) is 2. The van der Waals surface area contributed by atoms with Crippen LogP contribution >= 0.6 is 0 Å². The molecule has 0 aliphatic carbocycles. The van der Waals surface area contributed by atoms with Gasteiger partial charge in [-0.25, -0.2) is 4.39 Å². The number of ether oxygens (including phenoxy) is 1. The quantitative estimate of drug-likeness (QED) is 0.638. The molecule has 25 heavy (non-hydrogen) atoms. The van der Waals surface area contributed by atoms with Gasteiger partial charge in [0, 0.05) is 24.2 Å². The van der Waals surface area contributed by atoms with E-state index < -0.39 is 16.6 Å². The summed E-state index contributed by atoms with van der Waals surface area (Å²) < 4.78 is 18.7. The lowest BCUT2D eigenvalue weighted by Gasteiger charge is -2.10. The molecule has 0 saturated carbocycles. The van der Waals surface area contributed by atoms with Gasteiger partial charge in [0.15, 0.2) is 5.75 Å². The first-order valence-corrected chi connectivity index (χ1v) is 7.02. The summed E-state index contributed by atoms with van der Waals surface area (Å²) in [5, 5.41) is 15.8. The van der Waals surface area contributed by atoms with Gasteiger partial charge < -0.3 is 15.4 Å². The minimum Gasteiger partial charge on any atom is -0.490 e. The minimum absolute atomic E-state index is 0.000358. The van der Waals surface area contributed by atoms with Crippen molar-refractivity contribution in [3.05, 3.63) is 57.9 Å². The largest absolute Gasteiger partial charge is 0.490 e. The molecule has 2 rings (SSSR count). The molecule has 2 amide bonds. The summed E-state index contributed by atoms with van der Waals surface area (Å²) in [6.07, 6.45) is 0. The first kappa shape index (κ1) is 17.9. The van der Waals surface area contributed by atoms with E-state index in [1.165, 1.54) is 38.3 Å². The summed E-state index contributed by atoms with van der Waals surface area (Å²) >= 11 is 0. The standard InChI is InChI=1S/C16H14FN3O5/c1-9(21)18-11-4-5-12(17)13(8-11)19-16(22)10-3-6-15(25-2)14(7-10)20(23)24/h3-8H,1-2H3,(H,18,21)(H,19,22). The maximum Gasteiger partial charge on any atom is 0.311 e. The molecule has 2 aromatic rings. The zero-order valence-corrected chi connectivity index (χ0v) is 13.3. The van der Waals surface area contributed by atoms with Crippen LogP contribution in [0.15, 0.2) is 36.4 Å². The molecule has 0 unspecified atom stereocenters. The Morgan fingerprint density at radius 2 is 1.88 bits per heavy atom. The van der Waals surface area contributed by atoms with Crippen molar-refractivity contribution < 1.29 is 23.6 Å². The van der Waals surface area contributed by atoms with Gasteiger partial charge in [0.05, 0.1) is 17.7 Å². The predicted molar refractivity (Wildman–Crippen MR) is 88.3 cm³/mol. The Bertz CT molecular complexity index is 854. The third-order valence-corrected chi connectivity index (χ3v) is 3.17. The van der Waals surface area contributed by atoms with E-state index in [0.717, 1.165) is 12.1 Å². The van der Waals surface area contributed by atoms with Gasteiger partial charge >= 0.3 is 5.69 Å². The number of methoxy groups -OCH3 is 1. The van der Waals surface area contributed by atoms with E-state index in [-0.39, 0.29) is 28.6 Å². The van der Waals surface area contributed by atoms with Crippen molar-refractivity contribution in [2.24, 2.45) is 0 Å². The summed E-state index contributed by atoms with van der Waals surface area (Å²) in [7, 11) is 1.27. The lowest BCUT2D eigenvalue weighted by Crippen LogP contribution is -2.14. The van der Waals surface area contributed by atoms with Crippen molar-refractivity contribution in [1.82, 2.24) is 0 Å². The average Bonchev–Trinajstić information content (AvgIpc) is 2.56. The number of hydrogen-bond donors (Lipinski definition) is 2. The summed E-state index contributed by atoms with van der Waals surface area (Å²) in [5.41, 5.74) is -0.306. The Morgan fingerprint density at radius 3 is 2.48 bits per heavy atom. The van der Waals surface area contributed by atoms with E-state index in [9.17, 15) is 24.1 Å². The van der Waals surface area contributed by atoms with Crippen molar-refractivity contribution in [2.75, 3.05) is 17.7 Å². The molecule has 0 aliphatic heterocycles. The van der Waals surface area contributed by atoms with Gasteiger partial charge in [0.2, 0.25) is 5.91 Å². The zero-order valence-electron chi connectivity index (χ0n) is 13.3. The van der Waals surface area contributed by atoms with Gasteiger partial charge in [-0.1, -0.05) is 0 Å². The number of benzene rings is 2. The molecule has 0 radical (unpaired) electrons. The number of amides is 2. The Morgan fingerprint density at radius 1 is 1.16 bits per heavy atom. The number of halogens is 1. The maximum atomic E-state index is 13.9. The number of anilines is 2. The Hall–Kier alpha value is -3.49. The van der Waals surface area contributed by atoms with Crippen LogP contribution in [-0.2, 0) is 4.79 Å². The van der Waals surface area contributed by atoms with E-state index in [1.807, 2.05) is 0 Å². The number of nitro benzene ring substituents is 1. The van der Waals surface area contributed by atoms with Crippen LogP contribution in [-0.4, -0.2) is 23.8 Å². The smallest absolute Gasteiger partial charge is 0.311 e. The molecule has 2 N–H and O–H groups in total. The first-order chi connectivity index (χ1) is 11.8. The molecule has 0 fully saturated rings. The van der Waals surface area contributed by atoms with Crippen LogP contribution in [0.4, 0.5) is 21.5 Å².